The molecule has 2 N–H and O–H groups in total. The Morgan fingerprint density at radius 1 is 1.47 bits per heavy atom. The zero-order valence-corrected chi connectivity index (χ0v) is 10.6. The highest BCUT2D eigenvalue weighted by atomic mass is 16.6. The molecule has 0 saturated carbocycles. The van der Waals surface area contributed by atoms with Crippen molar-refractivity contribution in [1.29, 1.82) is 0 Å². The van der Waals surface area contributed by atoms with Crippen molar-refractivity contribution >= 4 is 17.4 Å². The predicted octanol–water partition coefficient (Wildman–Crippen LogP) is 1.42. The predicted molar refractivity (Wildman–Crippen MR) is 71.2 cm³/mol. The van der Waals surface area contributed by atoms with E-state index in [9.17, 15) is 14.9 Å². The third kappa shape index (κ3) is 3.19. The third-order valence-corrected chi connectivity index (χ3v) is 3.09. The van der Waals surface area contributed by atoms with Gasteiger partial charge in [-0.15, -0.1) is 0 Å². The molecule has 1 aliphatic rings. The lowest BCUT2D eigenvalue weighted by molar-refractivity contribution is -0.384. The minimum absolute atomic E-state index is 0.00791. The summed E-state index contributed by atoms with van der Waals surface area (Å²) in [7, 11) is 0. The van der Waals surface area contributed by atoms with Crippen LogP contribution in [0.4, 0.5) is 16.2 Å². The quantitative estimate of drug-likeness (QED) is 0.624. The fourth-order valence-electron chi connectivity index (χ4n) is 2.00. The lowest BCUT2D eigenvalue weighted by Gasteiger charge is -2.33. The molecule has 7 heteroatoms. The average Bonchev–Trinajstić information content (AvgIpc) is 2.39. The van der Waals surface area contributed by atoms with Crippen LogP contribution < -0.4 is 10.6 Å². The summed E-state index contributed by atoms with van der Waals surface area (Å²) in [6, 6.07) is 5.76. The molecule has 102 valence electrons. The van der Waals surface area contributed by atoms with Gasteiger partial charge in [-0.05, 0) is 19.1 Å². The van der Waals surface area contributed by atoms with E-state index in [0.717, 1.165) is 13.1 Å². The number of hydrogen-bond acceptors (Lipinski definition) is 4. The monoisotopic (exact) mass is 264 g/mol. The molecule has 1 saturated heterocycles. The molecule has 0 radical (unpaired) electrons. The summed E-state index contributed by atoms with van der Waals surface area (Å²) in [4.78, 5) is 23.9. The molecule has 2 amide bonds. The van der Waals surface area contributed by atoms with E-state index in [1.54, 1.807) is 4.90 Å². The molecular weight excluding hydrogens is 248 g/mol. The van der Waals surface area contributed by atoms with Crippen LogP contribution in [0.5, 0.6) is 0 Å². The molecule has 1 aliphatic heterocycles. The third-order valence-electron chi connectivity index (χ3n) is 3.09. The summed E-state index contributed by atoms with van der Waals surface area (Å²) in [6.45, 7) is 4.17. The van der Waals surface area contributed by atoms with Gasteiger partial charge in [0.15, 0.2) is 0 Å². The van der Waals surface area contributed by atoms with Crippen molar-refractivity contribution in [2.75, 3.05) is 25.0 Å². The molecule has 1 aromatic rings. The van der Waals surface area contributed by atoms with Crippen molar-refractivity contribution in [1.82, 2.24) is 10.2 Å². The molecule has 2 rings (SSSR count). The summed E-state index contributed by atoms with van der Waals surface area (Å²) in [5.41, 5.74) is 0.565. The van der Waals surface area contributed by atoms with Crippen LogP contribution >= 0.6 is 0 Å². The van der Waals surface area contributed by atoms with Gasteiger partial charge < -0.3 is 15.5 Å². The average molecular weight is 264 g/mol. The molecule has 1 aromatic carbocycles. The van der Waals surface area contributed by atoms with Gasteiger partial charge in [0.25, 0.3) is 5.69 Å². The van der Waals surface area contributed by atoms with Crippen molar-refractivity contribution in [2.45, 2.75) is 13.0 Å². The van der Waals surface area contributed by atoms with Crippen LogP contribution in [-0.4, -0.2) is 41.5 Å². The number of nitrogens with one attached hydrogen (secondary N) is 2. The number of nitrogens with zero attached hydrogens (tertiary/aromatic N) is 2. The first-order valence-corrected chi connectivity index (χ1v) is 6.10. The first-order chi connectivity index (χ1) is 9.08. The fraction of sp³-hybridized carbons (Fsp3) is 0.417. The SMILES string of the molecule is CC1CNCCN1C(=O)Nc1ccc([N+](=O)[O-])cc1. The number of rotatable bonds is 2. The standard InChI is InChI=1S/C12H16N4O3/c1-9-8-13-6-7-15(9)12(17)14-10-2-4-11(5-3-10)16(18)19/h2-5,9,13H,6-8H2,1H3,(H,14,17). The van der Waals surface area contributed by atoms with Gasteiger partial charge in [0.2, 0.25) is 0 Å². The number of urea groups is 1. The Morgan fingerprint density at radius 2 is 2.16 bits per heavy atom. The van der Waals surface area contributed by atoms with E-state index in [0.29, 0.717) is 12.2 Å². The maximum Gasteiger partial charge on any atom is 0.322 e. The van der Waals surface area contributed by atoms with E-state index in [1.165, 1.54) is 24.3 Å². The van der Waals surface area contributed by atoms with E-state index in [2.05, 4.69) is 10.6 Å². The molecule has 7 nitrogen and oxygen atoms in total. The smallest absolute Gasteiger partial charge is 0.319 e. The molecule has 1 heterocycles. The zero-order chi connectivity index (χ0) is 13.8. The van der Waals surface area contributed by atoms with Crippen LogP contribution in [0.15, 0.2) is 24.3 Å². The van der Waals surface area contributed by atoms with Crippen LogP contribution in [0.1, 0.15) is 6.92 Å². The molecule has 1 fully saturated rings. The van der Waals surface area contributed by atoms with Gasteiger partial charge in [-0.25, -0.2) is 4.79 Å². The lowest BCUT2D eigenvalue weighted by atomic mass is 10.2. The highest BCUT2D eigenvalue weighted by Crippen LogP contribution is 2.16. The number of nitro benzene ring substituents is 1. The largest absolute Gasteiger partial charge is 0.322 e. The number of hydrogen-bond donors (Lipinski definition) is 2. The number of nitro groups is 1. The van der Waals surface area contributed by atoms with Crippen LogP contribution in [-0.2, 0) is 0 Å². The topological polar surface area (TPSA) is 87.5 Å². The number of carbonyl (C=O) groups excluding carboxylic acids is 1. The van der Waals surface area contributed by atoms with Gasteiger partial charge in [-0.3, -0.25) is 10.1 Å². The zero-order valence-electron chi connectivity index (χ0n) is 10.6. The summed E-state index contributed by atoms with van der Waals surface area (Å²) < 4.78 is 0. The number of carbonyl (C=O) groups is 1. The maximum absolute atomic E-state index is 12.0. The summed E-state index contributed by atoms with van der Waals surface area (Å²) in [6.07, 6.45) is 0. The molecular formula is C12H16N4O3. The Labute approximate surface area is 110 Å². The van der Waals surface area contributed by atoms with E-state index in [-0.39, 0.29) is 17.8 Å². The van der Waals surface area contributed by atoms with Gasteiger partial charge in [-0.2, -0.15) is 0 Å². The molecule has 0 aliphatic carbocycles. The highest BCUT2D eigenvalue weighted by Gasteiger charge is 2.22. The number of amides is 2. The fourth-order valence-corrected chi connectivity index (χ4v) is 2.00. The normalized spacial score (nSPS) is 19.0. The molecule has 0 aromatic heterocycles. The molecule has 0 spiro atoms. The Bertz CT molecular complexity index is 474. The summed E-state index contributed by atoms with van der Waals surface area (Å²) in [5.74, 6) is 0. The van der Waals surface area contributed by atoms with Crippen LogP contribution in [0.25, 0.3) is 0 Å². The van der Waals surface area contributed by atoms with Gasteiger partial charge in [0.1, 0.15) is 0 Å². The Hall–Kier alpha value is -2.15. The van der Waals surface area contributed by atoms with Crippen LogP contribution in [0, 0.1) is 10.1 Å². The van der Waals surface area contributed by atoms with E-state index in [1.807, 2.05) is 6.92 Å². The molecule has 1 unspecified atom stereocenters. The van der Waals surface area contributed by atoms with Crippen molar-refractivity contribution in [3.63, 3.8) is 0 Å². The Kier molecular flexibility index (Phi) is 3.96. The summed E-state index contributed by atoms with van der Waals surface area (Å²) in [5, 5.41) is 16.5. The first kappa shape index (κ1) is 13.3. The van der Waals surface area contributed by atoms with Crippen molar-refractivity contribution in [3.8, 4) is 0 Å². The number of anilines is 1. The van der Waals surface area contributed by atoms with Gasteiger partial charge in [-0.1, -0.05) is 0 Å². The van der Waals surface area contributed by atoms with Gasteiger partial charge in [0.05, 0.1) is 4.92 Å². The van der Waals surface area contributed by atoms with Crippen molar-refractivity contribution < 1.29 is 9.72 Å². The highest BCUT2D eigenvalue weighted by molar-refractivity contribution is 5.89. The Balaban J connectivity index is 2.00. The minimum Gasteiger partial charge on any atom is -0.319 e. The molecule has 0 bridgehead atoms. The molecule has 19 heavy (non-hydrogen) atoms. The Morgan fingerprint density at radius 3 is 2.74 bits per heavy atom. The minimum atomic E-state index is -0.468. The van der Waals surface area contributed by atoms with E-state index in [4.69, 9.17) is 0 Å². The van der Waals surface area contributed by atoms with Gasteiger partial charge in [0, 0.05) is 43.5 Å². The lowest BCUT2D eigenvalue weighted by Crippen LogP contribution is -2.53. The number of piperazine rings is 1. The second-order valence-corrected chi connectivity index (χ2v) is 4.48. The molecule has 1 atom stereocenters. The van der Waals surface area contributed by atoms with Gasteiger partial charge >= 0.3 is 6.03 Å². The first-order valence-electron chi connectivity index (χ1n) is 6.10. The second-order valence-electron chi connectivity index (χ2n) is 4.48. The van der Waals surface area contributed by atoms with Crippen LogP contribution in [0.3, 0.4) is 0 Å². The van der Waals surface area contributed by atoms with E-state index < -0.39 is 4.92 Å². The van der Waals surface area contributed by atoms with Crippen molar-refractivity contribution in [3.05, 3.63) is 34.4 Å². The number of benzene rings is 1. The van der Waals surface area contributed by atoms with Crippen LogP contribution in [0.2, 0.25) is 0 Å². The summed E-state index contributed by atoms with van der Waals surface area (Å²) >= 11 is 0. The maximum atomic E-state index is 12.0. The van der Waals surface area contributed by atoms with E-state index >= 15 is 0 Å². The van der Waals surface area contributed by atoms with Crippen molar-refractivity contribution in [2.24, 2.45) is 0 Å². The second kappa shape index (κ2) is 5.66. The number of non-ortho nitro benzene ring substituents is 1.